The first kappa shape index (κ1) is 9.63. The smallest absolute Gasteiger partial charge is 0.153 e. The first-order chi connectivity index (χ1) is 5.81. The molecule has 2 rings (SSSR count). The topological polar surface area (TPSA) is 92.8 Å². The first-order valence-corrected chi connectivity index (χ1v) is 3.51. The van der Waals surface area contributed by atoms with Gasteiger partial charge in [0.15, 0.2) is 5.82 Å². The van der Waals surface area contributed by atoms with E-state index in [1.165, 1.54) is 0 Å². The number of anilines is 2. The van der Waals surface area contributed by atoms with Crippen LogP contribution in [0.2, 0.25) is 0 Å². The minimum atomic E-state index is 0. The van der Waals surface area contributed by atoms with E-state index in [0.29, 0.717) is 5.82 Å². The summed E-state index contributed by atoms with van der Waals surface area (Å²) in [5, 5.41) is 7.56. The maximum atomic E-state index is 5.57. The second kappa shape index (κ2) is 3.51. The summed E-state index contributed by atoms with van der Waals surface area (Å²) in [5.41, 5.74) is 9.82. The minimum Gasteiger partial charge on any atom is -0.382 e. The van der Waals surface area contributed by atoms with E-state index in [0.717, 1.165) is 16.6 Å². The molecule has 1 aromatic carbocycles. The molecule has 0 bridgehead atoms. The van der Waals surface area contributed by atoms with Gasteiger partial charge in [0, 0.05) is 5.39 Å². The molecule has 0 saturated heterocycles. The number of nitrogens with one attached hydrogen (secondary N) is 2. The highest BCUT2D eigenvalue weighted by molar-refractivity contribution is 5.90. The molecule has 0 aliphatic rings. The molecule has 1 aromatic heterocycles. The third kappa shape index (κ3) is 1.51. The molecule has 0 fully saturated rings. The zero-order chi connectivity index (χ0) is 8.55. The number of aromatic nitrogens is 2. The van der Waals surface area contributed by atoms with E-state index in [1.54, 1.807) is 0 Å². The van der Waals surface area contributed by atoms with Gasteiger partial charge in [-0.1, -0.05) is 0 Å². The number of hydrogen-bond donors (Lipinski definition) is 4. The molecule has 6 N–H and O–H groups in total. The average molecular weight is 200 g/mol. The van der Waals surface area contributed by atoms with Crippen molar-refractivity contribution < 1.29 is 0 Å². The summed E-state index contributed by atoms with van der Waals surface area (Å²) < 4.78 is 0. The van der Waals surface area contributed by atoms with Crippen LogP contribution in [0.1, 0.15) is 0 Å². The Morgan fingerprint density at radius 1 is 1.38 bits per heavy atom. The number of hydrazine groups is 1. The maximum absolute atomic E-state index is 5.57. The molecular formula is C7H10ClN5. The van der Waals surface area contributed by atoms with Crippen molar-refractivity contribution >= 4 is 34.8 Å². The van der Waals surface area contributed by atoms with E-state index in [9.17, 15) is 0 Å². The number of nitrogens with zero attached hydrogens (tertiary/aromatic N) is 1. The van der Waals surface area contributed by atoms with Crippen molar-refractivity contribution in [1.82, 2.24) is 10.2 Å². The van der Waals surface area contributed by atoms with Crippen LogP contribution in [0.25, 0.3) is 10.9 Å². The number of rotatable bonds is 1. The summed E-state index contributed by atoms with van der Waals surface area (Å²) in [6.45, 7) is 0. The molecular weight excluding hydrogens is 190 g/mol. The minimum absolute atomic E-state index is 0. The molecule has 13 heavy (non-hydrogen) atoms. The van der Waals surface area contributed by atoms with Crippen molar-refractivity contribution in [2.75, 3.05) is 11.2 Å². The van der Waals surface area contributed by atoms with Gasteiger partial charge in [-0.05, 0) is 18.2 Å². The van der Waals surface area contributed by atoms with Crippen molar-refractivity contribution in [3.05, 3.63) is 18.2 Å². The molecule has 1 heterocycles. The number of nitrogen functional groups attached to an aromatic ring is 2. The van der Waals surface area contributed by atoms with Gasteiger partial charge >= 0.3 is 0 Å². The van der Waals surface area contributed by atoms with Crippen molar-refractivity contribution in [1.29, 1.82) is 0 Å². The van der Waals surface area contributed by atoms with Crippen LogP contribution >= 0.6 is 12.4 Å². The van der Waals surface area contributed by atoms with E-state index >= 15 is 0 Å². The van der Waals surface area contributed by atoms with E-state index < -0.39 is 0 Å². The van der Waals surface area contributed by atoms with Gasteiger partial charge in [0.05, 0.1) is 11.2 Å². The van der Waals surface area contributed by atoms with Crippen molar-refractivity contribution in [2.24, 2.45) is 5.84 Å². The Labute approximate surface area is 80.9 Å². The fourth-order valence-corrected chi connectivity index (χ4v) is 1.13. The third-order valence-electron chi connectivity index (χ3n) is 1.76. The molecule has 0 saturated carbocycles. The molecule has 0 atom stereocenters. The molecule has 0 aliphatic carbocycles. The van der Waals surface area contributed by atoms with Gasteiger partial charge in [-0.25, -0.2) is 0 Å². The first-order valence-electron chi connectivity index (χ1n) is 3.51. The molecule has 0 amide bonds. The fourth-order valence-electron chi connectivity index (χ4n) is 1.13. The van der Waals surface area contributed by atoms with Crippen molar-refractivity contribution in [3.63, 3.8) is 0 Å². The predicted molar refractivity (Wildman–Crippen MR) is 55.6 cm³/mol. The van der Waals surface area contributed by atoms with Crippen molar-refractivity contribution in [3.8, 4) is 0 Å². The Balaban J connectivity index is 0.000000845. The summed E-state index contributed by atoms with van der Waals surface area (Å²) in [7, 11) is 0. The van der Waals surface area contributed by atoms with Gasteiger partial charge in [-0.15, -0.1) is 12.4 Å². The Kier molecular flexibility index (Phi) is 2.60. The maximum Gasteiger partial charge on any atom is 0.153 e. The Morgan fingerprint density at radius 2 is 2.15 bits per heavy atom. The van der Waals surface area contributed by atoms with E-state index in [2.05, 4.69) is 15.6 Å². The Bertz CT molecular complexity index is 410. The van der Waals surface area contributed by atoms with E-state index in [4.69, 9.17) is 11.6 Å². The Hall–Kier alpha value is -1.46. The Morgan fingerprint density at radius 3 is 2.85 bits per heavy atom. The lowest BCUT2D eigenvalue weighted by molar-refractivity contribution is 1.13. The summed E-state index contributed by atoms with van der Waals surface area (Å²) in [5.74, 6) is 5.74. The zero-order valence-corrected chi connectivity index (χ0v) is 7.56. The lowest BCUT2D eigenvalue weighted by atomic mass is 10.2. The summed E-state index contributed by atoms with van der Waals surface area (Å²) >= 11 is 0. The van der Waals surface area contributed by atoms with Crippen LogP contribution in [0.4, 0.5) is 11.5 Å². The molecule has 5 nitrogen and oxygen atoms in total. The molecule has 0 aliphatic heterocycles. The lowest BCUT2D eigenvalue weighted by Crippen LogP contribution is -2.05. The number of halogens is 1. The van der Waals surface area contributed by atoms with E-state index in [1.807, 2.05) is 18.2 Å². The van der Waals surface area contributed by atoms with Gasteiger partial charge in [0.2, 0.25) is 0 Å². The molecule has 70 valence electrons. The monoisotopic (exact) mass is 199 g/mol. The quantitative estimate of drug-likeness (QED) is 0.405. The molecule has 2 aromatic rings. The second-order valence-electron chi connectivity index (χ2n) is 2.51. The van der Waals surface area contributed by atoms with E-state index in [-0.39, 0.29) is 12.4 Å². The second-order valence-corrected chi connectivity index (χ2v) is 2.51. The average Bonchev–Trinajstić information content (AvgIpc) is 2.47. The summed E-state index contributed by atoms with van der Waals surface area (Å²) in [6, 6.07) is 5.55. The molecule has 0 radical (unpaired) electrons. The number of fused-ring (bicyclic) bond motifs is 1. The van der Waals surface area contributed by atoms with Gasteiger partial charge in [0.1, 0.15) is 0 Å². The normalized spacial score (nSPS) is 9.62. The fraction of sp³-hybridized carbons (Fsp3) is 0. The van der Waals surface area contributed by atoms with Crippen LogP contribution in [-0.2, 0) is 0 Å². The predicted octanol–water partition coefficient (Wildman–Crippen LogP) is 0.852. The number of nitrogens with two attached hydrogens (primary N) is 2. The van der Waals surface area contributed by atoms with Gasteiger partial charge in [-0.3, -0.25) is 10.9 Å². The van der Waals surface area contributed by atoms with Gasteiger partial charge in [-0.2, -0.15) is 5.10 Å². The highest BCUT2D eigenvalue weighted by Gasteiger charge is 2.00. The highest BCUT2D eigenvalue weighted by atomic mass is 35.5. The lowest BCUT2D eigenvalue weighted by Gasteiger charge is -1.97. The van der Waals surface area contributed by atoms with Gasteiger partial charge in [0.25, 0.3) is 0 Å². The third-order valence-corrected chi connectivity index (χ3v) is 1.76. The number of aromatic amines is 1. The SMILES string of the molecule is Cl.NNc1ccc2c(N)n[nH]c2c1. The highest BCUT2D eigenvalue weighted by Crippen LogP contribution is 2.20. The van der Waals surface area contributed by atoms with Crippen LogP contribution in [0.5, 0.6) is 0 Å². The van der Waals surface area contributed by atoms with Gasteiger partial charge < -0.3 is 11.2 Å². The molecule has 0 unspecified atom stereocenters. The summed E-state index contributed by atoms with van der Waals surface area (Å²) in [4.78, 5) is 0. The largest absolute Gasteiger partial charge is 0.382 e. The van der Waals surface area contributed by atoms with Crippen LogP contribution in [0, 0.1) is 0 Å². The standard InChI is InChI=1S/C7H9N5.ClH/c8-7-5-2-1-4(10-9)3-6(5)11-12-7;/h1-3,10H,9H2,(H3,8,11,12);1H. The van der Waals surface area contributed by atoms with Crippen LogP contribution < -0.4 is 17.0 Å². The molecule has 6 heteroatoms. The number of H-pyrrole nitrogens is 1. The summed E-state index contributed by atoms with van der Waals surface area (Å²) in [6.07, 6.45) is 0. The van der Waals surface area contributed by atoms with Crippen LogP contribution in [0.15, 0.2) is 18.2 Å². The zero-order valence-electron chi connectivity index (χ0n) is 6.74. The van der Waals surface area contributed by atoms with Crippen LogP contribution in [0.3, 0.4) is 0 Å². The van der Waals surface area contributed by atoms with Crippen LogP contribution in [-0.4, -0.2) is 10.2 Å². The van der Waals surface area contributed by atoms with Crippen molar-refractivity contribution in [2.45, 2.75) is 0 Å². The number of hydrogen-bond acceptors (Lipinski definition) is 4. The molecule has 0 spiro atoms. The number of benzene rings is 1.